The standard InChI is InChI=1S/C21H21N5S/c1-14-8-9-18(26(14)16-6-5-10-22-12-16)20-19(17-7-3-4-11-23-17)24-21-25(20)13-15(2)27-21/h3-12,15,19-20H,13H2,1-2H3/t15-,19+,20-/m0/s1. The van der Waals surface area contributed by atoms with Gasteiger partial charge in [0, 0.05) is 35.6 Å². The van der Waals surface area contributed by atoms with E-state index in [0.717, 1.165) is 23.1 Å². The molecule has 5 rings (SSSR count). The van der Waals surface area contributed by atoms with E-state index in [-0.39, 0.29) is 12.1 Å². The first-order chi connectivity index (χ1) is 13.2. The van der Waals surface area contributed by atoms with Gasteiger partial charge in [0.15, 0.2) is 5.17 Å². The van der Waals surface area contributed by atoms with Crippen molar-refractivity contribution in [3.63, 3.8) is 0 Å². The van der Waals surface area contributed by atoms with Crippen molar-refractivity contribution in [2.45, 2.75) is 31.2 Å². The second kappa shape index (κ2) is 6.53. The highest BCUT2D eigenvalue weighted by atomic mass is 32.2. The number of rotatable bonds is 3. The van der Waals surface area contributed by atoms with Gasteiger partial charge in [0.1, 0.15) is 6.04 Å². The molecule has 3 aromatic rings. The van der Waals surface area contributed by atoms with E-state index in [1.165, 1.54) is 11.4 Å². The van der Waals surface area contributed by atoms with Crippen molar-refractivity contribution in [3.05, 3.63) is 78.1 Å². The molecule has 0 radical (unpaired) electrons. The van der Waals surface area contributed by atoms with Crippen LogP contribution >= 0.6 is 11.8 Å². The molecule has 1 fully saturated rings. The highest BCUT2D eigenvalue weighted by Crippen LogP contribution is 2.48. The Morgan fingerprint density at radius 2 is 2.00 bits per heavy atom. The predicted molar refractivity (Wildman–Crippen MR) is 109 cm³/mol. The van der Waals surface area contributed by atoms with E-state index in [9.17, 15) is 0 Å². The van der Waals surface area contributed by atoms with Crippen molar-refractivity contribution in [2.75, 3.05) is 6.54 Å². The summed E-state index contributed by atoms with van der Waals surface area (Å²) >= 11 is 1.87. The molecule has 0 aliphatic carbocycles. The fourth-order valence-electron chi connectivity index (χ4n) is 4.07. The van der Waals surface area contributed by atoms with Crippen molar-refractivity contribution in [3.8, 4) is 5.69 Å². The molecule has 2 aliphatic rings. The van der Waals surface area contributed by atoms with Gasteiger partial charge in [-0.1, -0.05) is 24.8 Å². The Bertz CT molecular complexity index is 982. The van der Waals surface area contributed by atoms with Gasteiger partial charge >= 0.3 is 0 Å². The molecular weight excluding hydrogens is 354 g/mol. The zero-order valence-corrected chi connectivity index (χ0v) is 16.2. The lowest BCUT2D eigenvalue weighted by Crippen LogP contribution is -2.30. The Balaban J connectivity index is 1.65. The minimum absolute atomic E-state index is 0.00548. The van der Waals surface area contributed by atoms with Crippen LogP contribution in [0.1, 0.15) is 36.1 Å². The monoisotopic (exact) mass is 375 g/mol. The molecule has 5 heterocycles. The van der Waals surface area contributed by atoms with Gasteiger partial charge in [0.05, 0.1) is 23.6 Å². The number of amidine groups is 1. The molecule has 0 unspecified atom stereocenters. The molecule has 1 saturated heterocycles. The van der Waals surface area contributed by atoms with E-state index in [1.807, 2.05) is 48.6 Å². The van der Waals surface area contributed by atoms with Gasteiger partial charge in [-0.2, -0.15) is 0 Å². The highest BCUT2D eigenvalue weighted by Gasteiger charge is 2.44. The molecule has 136 valence electrons. The number of aryl methyl sites for hydroxylation is 1. The lowest BCUT2D eigenvalue weighted by atomic mass is 10.0. The van der Waals surface area contributed by atoms with Gasteiger partial charge in [-0.3, -0.25) is 15.0 Å². The van der Waals surface area contributed by atoms with Crippen molar-refractivity contribution >= 4 is 16.9 Å². The Morgan fingerprint density at radius 1 is 1.07 bits per heavy atom. The van der Waals surface area contributed by atoms with Gasteiger partial charge in [0.25, 0.3) is 0 Å². The molecular formula is C21H21N5S. The van der Waals surface area contributed by atoms with Crippen LogP contribution in [0.15, 0.2) is 66.0 Å². The normalized spacial score (nSPS) is 24.1. The van der Waals surface area contributed by atoms with Crippen LogP contribution in [-0.4, -0.2) is 36.4 Å². The summed E-state index contributed by atoms with van der Waals surface area (Å²) in [5.41, 5.74) is 4.55. The van der Waals surface area contributed by atoms with Crippen LogP contribution in [0.5, 0.6) is 0 Å². The summed E-state index contributed by atoms with van der Waals surface area (Å²) in [4.78, 5) is 16.5. The van der Waals surface area contributed by atoms with Crippen LogP contribution in [0.2, 0.25) is 0 Å². The first kappa shape index (κ1) is 16.6. The van der Waals surface area contributed by atoms with Gasteiger partial charge in [-0.25, -0.2) is 0 Å². The Morgan fingerprint density at radius 3 is 2.78 bits per heavy atom. The van der Waals surface area contributed by atoms with Gasteiger partial charge in [-0.05, 0) is 43.3 Å². The van der Waals surface area contributed by atoms with E-state index in [4.69, 9.17) is 4.99 Å². The molecule has 3 aromatic heterocycles. The maximum absolute atomic E-state index is 5.09. The van der Waals surface area contributed by atoms with Crippen LogP contribution in [0.3, 0.4) is 0 Å². The lowest BCUT2D eigenvalue weighted by molar-refractivity contribution is 0.312. The molecule has 27 heavy (non-hydrogen) atoms. The van der Waals surface area contributed by atoms with Crippen LogP contribution < -0.4 is 0 Å². The van der Waals surface area contributed by atoms with E-state index < -0.39 is 0 Å². The SMILES string of the molecule is Cc1ccc([C@H]2[C@@H](c3ccccn3)N=C3S[C@@H](C)CN32)n1-c1cccnc1. The Hall–Kier alpha value is -2.60. The number of thioether (sulfide) groups is 1. The van der Waals surface area contributed by atoms with E-state index >= 15 is 0 Å². The number of pyridine rings is 2. The Kier molecular flexibility index (Phi) is 4.01. The maximum Gasteiger partial charge on any atom is 0.160 e. The van der Waals surface area contributed by atoms with E-state index in [0.29, 0.717) is 5.25 Å². The van der Waals surface area contributed by atoms with Crippen LogP contribution in [0, 0.1) is 6.92 Å². The molecule has 0 spiro atoms. The quantitative estimate of drug-likeness (QED) is 0.689. The van der Waals surface area contributed by atoms with Gasteiger partial charge in [-0.15, -0.1) is 0 Å². The van der Waals surface area contributed by atoms with Crippen molar-refractivity contribution < 1.29 is 0 Å². The molecule has 5 nitrogen and oxygen atoms in total. The lowest BCUT2D eigenvalue weighted by Gasteiger charge is -2.28. The first-order valence-corrected chi connectivity index (χ1v) is 10.1. The summed E-state index contributed by atoms with van der Waals surface area (Å²) in [6.45, 7) is 5.42. The van der Waals surface area contributed by atoms with Crippen molar-refractivity contribution in [1.82, 2.24) is 19.4 Å². The predicted octanol–water partition coefficient (Wildman–Crippen LogP) is 4.17. The molecule has 0 saturated carbocycles. The largest absolute Gasteiger partial charge is 0.339 e. The third-order valence-electron chi connectivity index (χ3n) is 5.19. The van der Waals surface area contributed by atoms with Crippen LogP contribution in [0.4, 0.5) is 0 Å². The Labute approximate surface area is 163 Å². The fourth-order valence-corrected chi connectivity index (χ4v) is 5.16. The summed E-state index contributed by atoms with van der Waals surface area (Å²) in [5, 5.41) is 1.69. The van der Waals surface area contributed by atoms with Gasteiger partial charge in [0.2, 0.25) is 0 Å². The maximum atomic E-state index is 5.09. The zero-order valence-electron chi connectivity index (χ0n) is 15.4. The molecule has 0 aromatic carbocycles. The summed E-state index contributed by atoms with van der Waals surface area (Å²) in [5.74, 6) is 0. The molecule has 0 amide bonds. The summed E-state index contributed by atoms with van der Waals surface area (Å²) in [7, 11) is 0. The summed E-state index contributed by atoms with van der Waals surface area (Å²) < 4.78 is 2.31. The molecule has 0 bridgehead atoms. The number of nitrogens with zero attached hydrogens (tertiary/aromatic N) is 5. The van der Waals surface area contributed by atoms with E-state index in [1.54, 1.807) is 0 Å². The van der Waals surface area contributed by atoms with Crippen molar-refractivity contribution in [2.24, 2.45) is 4.99 Å². The molecule has 2 aliphatic heterocycles. The minimum atomic E-state index is 0.00548. The van der Waals surface area contributed by atoms with E-state index in [2.05, 4.69) is 57.5 Å². The second-order valence-electron chi connectivity index (χ2n) is 7.08. The number of hydrogen-bond acceptors (Lipinski definition) is 5. The minimum Gasteiger partial charge on any atom is -0.339 e. The third-order valence-corrected chi connectivity index (χ3v) is 6.30. The first-order valence-electron chi connectivity index (χ1n) is 9.23. The number of aliphatic imine (C=N–C) groups is 1. The topological polar surface area (TPSA) is 46.3 Å². The number of fused-ring (bicyclic) bond motifs is 1. The molecule has 6 heteroatoms. The molecule has 0 N–H and O–H groups in total. The summed E-state index contributed by atoms with van der Waals surface area (Å²) in [6, 6.07) is 14.7. The average molecular weight is 376 g/mol. The second-order valence-corrected chi connectivity index (χ2v) is 8.49. The van der Waals surface area contributed by atoms with Crippen molar-refractivity contribution in [1.29, 1.82) is 0 Å². The van der Waals surface area contributed by atoms with Crippen LogP contribution in [0.25, 0.3) is 5.69 Å². The fraction of sp³-hybridized carbons (Fsp3) is 0.286. The zero-order chi connectivity index (χ0) is 18.4. The van der Waals surface area contributed by atoms with Gasteiger partial charge < -0.3 is 9.47 Å². The summed E-state index contributed by atoms with van der Waals surface area (Å²) in [6.07, 6.45) is 5.59. The highest BCUT2D eigenvalue weighted by molar-refractivity contribution is 8.14. The number of hydrogen-bond donors (Lipinski definition) is 0. The van der Waals surface area contributed by atoms with Crippen LogP contribution in [-0.2, 0) is 0 Å². The number of aromatic nitrogens is 3. The average Bonchev–Trinajstić information content (AvgIpc) is 3.34. The third kappa shape index (κ3) is 2.75. The smallest absolute Gasteiger partial charge is 0.160 e. The molecule has 3 atom stereocenters.